The van der Waals surface area contributed by atoms with Gasteiger partial charge in [0.2, 0.25) is 5.12 Å². The second kappa shape index (κ2) is 11.5. The van der Waals surface area contributed by atoms with Gasteiger partial charge in [-0.25, -0.2) is 9.59 Å². The molecule has 4 atom stereocenters. The van der Waals surface area contributed by atoms with E-state index in [-0.39, 0.29) is 24.7 Å². The number of nitrogens with one attached hydrogen (secondary N) is 1. The predicted octanol–water partition coefficient (Wildman–Crippen LogP) is 4.71. The number of quaternary nitrogens is 1. The van der Waals surface area contributed by atoms with E-state index in [4.69, 9.17) is 4.74 Å². The average Bonchev–Trinajstić information content (AvgIpc) is 3.04. The van der Waals surface area contributed by atoms with Crippen LogP contribution in [0.15, 0.2) is 0 Å². The lowest BCUT2D eigenvalue weighted by molar-refractivity contribution is -0.794. The topological polar surface area (TPSA) is 110 Å². The maximum absolute atomic E-state index is 13.8. The third-order valence-corrected chi connectivity index (χ3v) is 6.60. The number of carboxylic acid groups (broad SMARTS) is 1. The van der Waals surface area contributed by atoms with Gasteiger partial charge in [-0.15, -0.1) is 0 Å². The smallest absolute Gasteiger partial charge is 0.444 e. The van der Waals surface area contributed by atoms with Crippen molar-refractivity contribution in [1.82, 2.24) is 5.32 Å². The van der Waals surface area contributed by atoms with Gasteiger partial charge in [-0.2, -0.15) is 22.4 Å². The Balaban J connectivity index is 3.02. The number of likely N-dealkylation sites (tertiary alicyclic amines) is 1. The zero-order valence-electron chi connectivity index (χ0n) is 19.7. The third-order valence-electron chi connectivity index (χ3n) is 5.53. The number of amides is 3. The van der Waals surface area contributed by atoms with Gasteiger partial charge in [0.15, 0.2) is 5.92 Å². The Morgan fingerprint density at radius 1 is 1.21 bits per heavy atom. The highest BCUT2D eigenvalue weighted by molar-refractivity contribution is 8.13. The summed E-state index contributed by atoms with van der Waals surface area (Å²) < 4.78 is 45.2. The van der Waals surface area contributed by atoms with Crippen molar-refractivity contribution in [2.24, 2.45) is 5.92 Å². The van der Waals surface area contributed by atoms with E-state index >= 15 is 0 Å². The number of hydrogen-bond donors (Lipinski definition) is 2. The van der Waals surface area contributed by atoms with Crippen LogP contribution in [0, 0.1) is 5.92 Å². The molecular formula is C21H34F3N2O6S+. The quantitative estimate of drug-likeness (QED) is 0.465. The van der Waals surface area contributed by atoms with E-state index in [1.807, 2.05) is 6.92 Å². The standard InChI is InChI=1S/C21H33F3N2O6S/c1-6-7-10-15(25-18(29)32-20(3,4)5)17(28)33-12-14(21(22,23)24)16(27)26(19(30)31)11-8-9-13(26)2/h13-15H,6-12H2,1-5H3,(H-,25,29,30,31)/p+1/t13-,14?,15+,26?/m1/s1. The molecule has 1 fully saturated rings. The fraction of sp³-hybridized carbons (Fsp3) is 0.810. The summed E-state index contributed by atoms with van der Waals surface area (Å²) in [6.45, 7) is 7.96. The Hall–Kier alpha value is -1.82. The van der Waals surface area contributed by atoms with Crippen molar-refractivity contribution in [1.29, 1.82) is 0 Å². The summed E-state index contributed by atoms with van der Waals surface area (Å²) in [7, 11) is 0. The molecular weight excluding hydrogens is 465 g/mol. The van der Waals surface area contributed by atoms with Crippen LogP contribution in [0.5, 0.6) is 0 Å². The lowest BCUT2D eigenvalue weighted by atomic mass is 10.1. The van der Waals surface area contributed by atoms with E-state index in [0.717, 1.165) is 0 Å². The van der Waals surface area contributed by atoms with Gasteiger partial charge in [0.1, 0.15) is 17.7 Å². The van der Waals surface area contributed by atoms with Crippen molar-refractivity contribution >= 4 is 35.0 Å². The SMILES string of the molecule is CCCC[C@H](NC(=O)OC(C)(C)C)C(=O)SCC(C(=O)[N+]1(C(=O)O)CCC[C@H]1C)C(F)(F)F. The number of alkyl carbamates (subject to hydrolysis) is 1. The summed E-state index contributed by atoms with van der Waals surface area (Å²) >= 11 is 0.276. The van der Waals surface area contributed by atoms with E-state index in [2.05, 4.69) is 5.32 Å². The molecule has 1 rings (SSSR count). The number of alkyl halides is 3. The van der Waals surface area contributed by atoms with Gasteiger partial charge in [0, 0.05) is 18.6 Å². The molecule has 0 saturated carbocycles. The summed E-state index contributed by atoms with van der Waals surface area (Å²) in [4.78, 5) is 49.5. The number of ether oxygens (including phenoxy) is 1. The molecule has 0 bridgehead atoms. The monoisotopic (exact) mass is 499 g/mol. The van der Waals surface area contributed by atoms with Crippen LogP contribution in [0.2, 0.25) is 0 Å². The van der Waals surface area contributed by atoms with Crippen molar-refractivity contribution in [3.63, 3.8) is 0 Å². The Morgan fingerprint density at radius 2 is 1.82 bits per heavy atom. The molecule has 33 heavy (non-hydrogen) atoms. The number of imide groups is 1. The Kier molecular flexibility index (Phi) is 10.2. The zero-order valence-corrected chi connectivity index (χ0v) is 20.5. The molecule has 2 unspecified atom stereocenters. The molecule has 2 N–H and O–H groups in total. The molecule has 8 nitrogen and oxygen atoms in total. The van der Waals surface area contributed by atoms with Crippen LogP contribution in [0.3, 0.4) is 0 Å². The number of carbonyl (C=O) groups excluding carboxylic acids is 3. The van der Waals surface area contributed by atoms with Gasteiger partial charge in [0.05, 0.1) is 6.54 Å². The van der Waals surface area contributed by atoms with Crippen LogP contribution in [-0.4, -0.2) is 69.0 Å². The molecule has 190 valence electrons. The first-order chi connectivity index (χ1) is 15.1. The highest BCUT2D eigenvalue weighted by atomic mass is 32.2. The summed E-state index contributed by atoms with van der Waals surface area (Å²) in [6.07, 6.45) is -5.48. The first-order valence-corrected chi connectivity index (χ1v) is 11.9. The molecule has 0 aromatic heterocycles. The van der Waals surface area contributed by atoms with Crippen LogP contribution in [0.1, 0.15) is 66.7 Å². The van der Waals surface area contributed by atoms with Gasteiger partial charge in [-0.3, -0.25) is 4.79 Å². The number of carbonyl (C=O) groups is 4. The minimum atomic E-state index is -5.02. The molecule has 0 spiro atoms. The lowest BCUT2D eigenvalue weighted by Gasteiger charge is -2.33. The van der Waals surface area contributed by atoms with E-state index in [1.54, 1.807) is 20.8 Å². The normalized spacial score (nSPS) is 23.0. The maximum atomic E-state index is 13.8. The molecule has 1 saturated heterocycles. The number of hydrogen-bond acceptors (Lipinski definition) is 6. The molecule has 1 aliphatic rings. The number of rotatable bonds is 8. The van der Waals surface area contributed by atoms with Crippen molar-refractivity contribution in [3.05, 3.63) is 0 Å². The summed E-state index contributed by atoms with van der Waals surface area (Å²) in [6, 6.07) is -1.89. The van der Waals surface area contributed by atoms with Gasteiger partial charge >= 0.3 is 24.3 Å². The molecule has 12 heteroatoms. The van der Waals surface area contributed by atoms with Crippen LogP contribution in [-0.2, 0) is 14.3 Å². The minimum Gasteiger partial charge on any atom is -0.444 e. The highest BCUT2D eigenvalue weighted by Gasteiger charge is 2.61. The van der Waals surface area contributed by atoms with Crippen molar-refractivity contribution < 1.29 is 46.7 Å². The van der Waals surface area contributed by atoms with Crippen molar-refractivity contribution in [2.45, 2.75) is 90.6 Å². The van der Waals surface area contributed by atoms with E-state index in [1.165, 1.54) is 6.92 Å². The van der Waals surface area contributed by atoms with Crippen LogP contribution >= 0.6 is 11.8 Å². The maximum Gasteiger partial charge on any atom is 0.521 e. The zero-order chi connectivity index (χ0) is 25.6. The second-order valence-electron chi connectivity index (χ2n) is 9.27. The molecule has 1 heterocycles. The third kappa shape index (κ3) is 7.87. The molecule has 0 aliphatic carbocycles. The molecule has 1 aliphatic heterocycles. The number of nitrogens with zero attached hydrogens (tertiary/aromatic N) is 1. The van der Waals surface area contributed by atoms with Gasteiger partial charge < -0.3 is 15.2 Å². The number of unbranched alkanes of at least 4 members (excludes halogenated alkanes) is 1. The van der Waals surface area contributed by atoms with Gasteiger partial charge in [-0.1, -0.05) is 31.5 Å². The highest BCUT2D eigenvalue weighted by Crippen LogP contribution is 2.37. The lowest BCUT2D eigenvalue weighted by Crippen LogP contribution is -2.62. The molecule has 0 aromatic carbocycles. The summed E-state index contributed by atoms with van der Waals surface area (Å²) in [5.74, 6) is -5.05. The van der Waals surface area contributed by atoms with Gasteiger partial charge in [-0.05, 0) is 34.1 Å². The first kappa shape index (κ1) is 29.2. The van der Waals surface area contributed by atoms with E-state index < -0.39 is 63.2 Å². The van der Waals surface area contributed by atoms with Crippen LogP contribution in [0.4, 0.5) is 22.8 Å². The first-order valence-electron chi connectivity index (χ1n) is 10.9. The van der Waals surface area contributed by atoms with Crippen LogP contribution in [0.25, 0.3) is 0 Å². The summed E-state index contributed by atoms with van der Waals surface area (Å²) in [5.41, 5.74) is -0.829. The van der Waals surface area contributed by atoms with Gasteiger partial charge in [0.25, 0.3) is 0 Å². The molecule has 0 radical (unpaired) electrons. The van der Waals surface area contributed by atoms with Crippen molar-refractivity contribution in [3.8, 4) is 0 Å². The Bertz CT molecular complexity index is 740. The number of thioether (sulfide) groups is 1. The van der Waals surface area contributed by atoms with E-state index in [0.29, 0.717) is 25.7 Å². The second-order valence-corrected chi connectivity index (χ2v) is 10.3. The summed E-state index contributed by atoms with van der Waals surface area (Å²) in [5, 5.41) is 11.3. The minimum absolute atomic E-state index is 0.193. The fourth-order valence-corrected chi connectivity index (χ4v) is 4.78. The van der Waals surface area contributed by atoms with Crippen LogP contribution < -0.4 is 5.32 Å². The largest absolute Gasteiger partial charge is 0.521 e. The molecule has 3 amide bonds. The molecule has 0 aromatic rings. The Labute approximate surface area is 196 Å². The average molecular weight is 500 g/mol. The van der Waals surface area contributed by atoms with Crippen molar-refractivity contribution in [2.75, 3.05) is 12.3 Å². The van der Waals surface area contributed by atoms with E-state index in [9.17, 15) is 37.5 Å². The number of halogens is 3. The fourth-order valence-electron chi connectivity index (χ4n) is 3.74. The Morgan fingerprint density at radius 3 is 2.24 bits per heavy atom. The predicted molar refractivity (Wildman–Crippen MR) is 117 cm³/mol.